The molecule has 1 aromatic heterocycles. The van der Waals surface area contributed by atoms with Crippen LogP contribution in [0.4, 0.5) is 5.82 Å². The Hall–Kier alpha value is -1.98. The number of ether oxygens (including phenoxy) is 1. The number of hydrogen-bond acceptors (Lipinski definition) is 5. The molecule has 1 atom stereocenters. The summed E-state index contributed by atoms with van der Waals surface area (Å²) in [4.78, 5) is 31.3. The van der Waals surface area contributed by atoms with Gasteiger partial charge in [0.15, 0.2) is 5.41 Å². The van der Waals surface area contributed by atoms with E-state index in [0.29, 0.717) is 11.4 Å². The van der Waals surface area contributed by atoms with Crippen LogP contribution in [0, 0.1) is 0 Å². The number of anilines is 1. The first-order chi connectivity index (χ1) is 7.60. The van der Waals surface area contributed by atoms with E-state index in [4.69, 9.17) is 4.74 Å². The van der Waals surface area contributed by atoms with Crippen LogP contribution in [0.25, 0.3) is 0 Å². The van der Waals surface area contributed by atoms with Gasteiger partial charge in [0.25, 0.3) is 0 Å². The Morgan fingerprint density at radius 2 is 2.38 bits per heavy atom. The molecule has 0 bridgehead atoms. The fraction of sp³-hybridized carbons (Fsp3) is 0.400. The van der Waals surface area contributed by atoms with E-state index in [9.17, 15) is 9.59 Å². The Bertz CT molecular complexity index is 460. The van der Waals surface area contributed by atoms with Crippen LogP contribution in [0.2, 0.25) is 0 Å². The van der Waals surface area contributed by atoms with Crippen LogP contribution in [0.5, 0.6) is 0 Å². The molecule has 1 N–H and O–H groups in total. The molecule has 0 saturated heterocycles. The Labute approximate surface area is 92.0 Å². The molecule has 1 aromatic rings. The Kier molecular flexibility index (Phi) is 2.34. The second-order valence-corrected chi connectivity index (χ2v) is 3.58. The molecular weight excluding hydrogens is 210 g/mol. The summed E-state index contributed by atoms with van der Waals surface area (Å²) in [5.41, 5.74) is -0.884. The SMILES string of the molecule is CCOC(=O)C1(C)C(=O)Nc2ncncc21. The zero-order valence-corrected chi connectivity index (χ0v) is 8.98. The summed E-state index contributed by atoms with van der Waals surface area (Å²) in [6.07, 6.45) is 2.77. The van der Waals surface area contributed by atoms with Crippen LogP contribution >= 0.6 is 0 Å². The van der Waals surface area contributed by atoms with Gasteiger partial charge < -0.3 is 10.1 Å². The summed E-state index contributed by atoms with van der Waals surface area (Å²) < 4.78 is 4.90. The Morgan fingerprint density at radius 3 is 3.06 bits per heavy atom. The highest BCUT2D eigenvalue weighted by molar-refractivity contribution is 6.18. The van der Waals surface area contributed by atoms with E-state index >= 15 is 0 Å². The fourth-order valence-electron chi connectivity index (χ4n) is 1.63. The Balaban J connectivity index is 2.48. The first-order valence-corrected chi connectivity index (χ1v) is 4.90. The number of hydrogen-bond donors (Lipinski definition) is 1. The second kappa shape index (κ2) is 3.55. The lowest BCUT2D eigenvalue weighted by molar-refractivity contribution is -0.152. The van der Waals surface area contributed by atoms with Crippen molar-refractivity contribution in [2.45, 2.75) is 19.3 Å². The predicted octanol–water partition coefficient (Wildman–Crippen LogP) is 0.249. The van der Waals surface area contributed by atoms with Gasteiger partial charge in [-0.2, -0.15) is 0 Å². The van der Waals surface area contributed by atoms with Gasteiger partial charge in [0.1, 0.15) is 12.1 Å². The number of carbonyl (C=O) groups excluding carboxylic acids is 2. The van der Waals surface area contributed by atoms with E-state index in [-0.39, 0.29) is 6.61 Å². The number of nitrogens with one attached hydrogen (secondary N) is 1. The highest BCUT2D eigenvalue weighted by Crippen LogP contribution is 2.36. The summed E-state index contributed by atoms with van der Waals surface area (Å²) in [6.45, 7) is 3.43. The van der Waals surface area contributed by atoms with Crippen LogP contribution in [0.1, 0.15) is 19.4 Å². The third-order valence-corrected chi connectivity index (χ3v) is 2.62. The number of aromatic nitrogens is 2. The average Bonchev–Trinajstić information content (AvgIpc) is 2.53. The molecular formula is C10H11N3O3. The summed E-state index contributed by atoms with van der Waals surface area (Å²) in [7, 11) is 0. The maximum Gasteiger partial charge on any atom is 0.326 e. The van der Waals surface area contributed by atoms with Crippen molar-refractivity contribution in [2.24, 2.45) is 0 Å². The quantitative estimate of drug-likeness (QED) is 0.572. The number of amides is 1. The predicted molar refractivity (Wildman–Crippen MR) is 54.6 cm³/mol. The van der Waals surface area contributed by atoms with E-state index in [1.807, 2.05) is 0 Å². The van der Waals surface area contributed by atoms with E-state index in [2.05, 4.69) is 15.3 Å². The van der Waals surface area contributed by atoms with Gasteiger partial charge in [-0.05, 0) is 13.8 Å². The lowest BCUT2D eigenvalue weighted by Gasteiger charge is -2.18. The minimum atomic E-state index is -1.34. The maximum atomic E-state index is 11.8. The maximum absolute atomic E-state index is 11.8. The normalized spacial score (nSPS) is 22.5. The minimum Gasteiger partial charge on any atom is -0.465 e. The van der Waals surface area contributed by atoms with Crippen molar-refractivity contribution in [1.82, 2.24) is 9.97 Å². The number of esters is 1. The molecule has 1 amide bonds. The molecule has 16 heavy (non-hydrogen) atoms. The van der Waals surface area contributed by atoms with Gasteiger partial charge in [-0.15, -0.1) is 0 Å². The van der Waals surface area contributed by atoms with Crippen molar-refractivity contribution in [2.75, 3.05) is 11.9 Å². The zero-order chi connectivity index (χ0) is 11.8. The third kappa shape index (κ3) is 1.26. The van der Waals surface area contributed by atoms with Crippen molar-refractivity contribution in [3.8, 4) is 0 Å². The molecule has 0 aromatic carbocycles. The van der Waals surface area contributed by atoms with E-state index < -0.39 is 17.3 Å². The highest BCUT2D eigenvalue weighted by atomic mass is 16.5. The van der Waals surface area contributed by atoms with Crippen LogP contribution in [0.3, 0.4) is 0 Å². The molecule has 2 heterocycles. The summed E-state index contributed by atoms with van der Waals surface area (Å²) in [5.74, 6) is -0.641. The second-order valence-electron chi connectivity index (χ2n) is 3.58. The number of nitrogens with zero attached hydrogens (tertiary/aromatic N) is 2. The van der Waals surface area contributed by atoms with Crippen molar-refractivity contribution in [3.63, 3.8) is 0 Å². The van der Waals surface area contributed by atoms with Gasteiger partial charge in [-0.3, -0.25) is 9.59 Å². The van der Waals surface area contributed by atoms with Gasteiger partial charge in [-0.1, -0.05) is 0 Å². The molecule has 0 radical (unpaired) electrons. The lowest BCUT2D eigenvalue weighted by atomic mass is 9.85. The van der Waals surface area contributed by atoms with Crippen LogP contribution in [-0.2, 0) is 19.7 Å². The molecule has 1 unspecified atom stereocenters. The standard InChI is InChI=1S/C10H11N3O3/c1-3-16-9(15)10(2)6-4-11-5-12-7(6)13-8(10)14/h4-5H,3H2,1-2H3,(H,11,12,13,14). The smallest absolute Gasteiger partial charge is 0.326 e. The molecule has 0 aliphatic carbocycles. The van der Waals surface area contributed by atoms with E-state index in [0.717, 1.165) is 0 Å². The average molecular weight is 221 g/mol. The largest absolute Gasteiger partial charge is 0.465 e. The van der Waals surface area contributed by atoms with E-state index in [1.165, 1.54) is 19.4 Å². The molecule has 0 spiro atoms. The molecule has 0 fully saturated rings. The van der Waals surface area contributed by atoms with Crippen LogP contribution in [-0.4, -0.2) is 28.5 Å². The molecule has 1 aliphatic rings. The van der Waals surface area contributed by atoms with Gasteiger partial charge in [0.05, 0.1) is 6.61 Å². The van der Waals surface area contributed by atoms with Crippen molar-refractivity contribution < 1.29 is 14.3 Å². The van der Waals surface area contributed by atoms with Crippen molar-refractivity contribution in [3.05, 3.63) is 18.1 Å². The molecule has 84 valence electrons. The highest BCUT2D eigenvalue weighted by Gasteiger charge is 2.51. The summed E-state index contributed by atoms with van der Waals surface area (Å²) in [6, 6.07) is 0. The number of carbonyl (C=O) groups is 2. The topological polar surface area (TPSA) is 81.2 Å². The molecule has 1 aliphatic heterocycles. The van der Waals surface area contributed by atoms with Gasteiger partial charge >= 0.3 is 5.97 Å². The third-order valence-electron chi connectivity index (χ3n) is 2.62. The van der Waals surface area contributed by atoms with E-state index in [1.54, 1.807) is 6.92 Å². The molecule has 6 heteroatoms. The van der Waals surface area contributed by atoms with Crippen molar-refractivity contribution in [1.29, 1.82) is 0 Å². The first kappa shape index (κ1) is 10.5. The van der Waals surface area contributed by atoms with Gasteiger partial charge in [0, 0.05) is 11.8 Å². The number of rotatable bonds is 2. The molecule has 6 nitrogen and oxygen atoms in total. The minimum absolute atomic E-state index is 0.227. The van der Waals surface area contributed by atoms with Gasteiger partial charge in [-0.25, -0.2) is 9.97 Å². The summed E-state index contributed by atoms with van der Waals surface area (Å²) >= 11 is 0. The Morgan fingerprint density at radius 1 is 1.62 bits per heavy atom. The van der Waals surface area contributed by atoms with Crippen LogP contribution in [0.15, 0.2) is 12.5 Å². The molecule has 0 saturated carbocycles. The lowest BCUT2D eigenvalue weighted by Crippen LogP contribution is -2.40. The van der Waals surface area contributed by atoms with Crippen LogP contribution < -0.4 is 5.32 Å². The molecule has 2 rings (SSSR count). The summed E-state index contributed by atoms with van der Waals surface area (Å²) in [5, 5.41) is 2.54. The zero-order valence-electron chi connectivity index (χ0n) is 8.98. The number of fused-ring (bicyclic) bond motifs is 1. The van der Waals surface area contributed by atoms with Crippen molar-refractivity contribution >= 4 is 17.7 Å². The fourth-order valence-corrected chi connectivity index (χ4v) is 1.63. The monoisotopic (exact) mass is 221 g/mol. The first-order valence-electron chi connectivity index (χ1n) is 4.90. The van der Waals surface area contributed by atoms with Gasteiger partial charge in [0.2, 0.25) is 5.91 Å².